The van der Waals surface area contributed by atoms with Gasteiger partial charge >= 0.3 is 10.1 Å². The lowest BCUT2D eigenvalue weighted by atomic mass is 9.78. The van der Waals surface area contributed by atoms with Gasteiger partial charge in [0.05, 0.1) is 16.4 Å². The molecule has 5 rings (SSSR count). The second kappa shape index (κ2) is 12.6. The zero-order valence-corrected chi connectivity index (χ0v) is 27.6. The van der Waals surface area contributed by atoms with Gasteiger partial charge in [-0.2, -0.15) is 16.8 Å². The van der Waals surface area contributed by atoms with Crippen LogP contribution >= 0.6 is 0 Å². The Morgan fingerprint density at radius 3 is 2.07 bits per heavy atom. The van der Waals surface area contributed by atoms with E-state index in [0.717, 1.165) is 22.3 Å². The second-order valence-electron chi connectivity index (χ2n) is 12.0. The predicted molar refractivity (Wildman–Crippen MR) is 171 cm³/mol. The van der Waals surface area contributed by atoms with Crippen LogP contribution < -0.4 is 0 Å². The van der Waals surface area contributed by atoms with Crippen LogP contribution in [0.2, 0.25) is 0 Å². The molecule has 1 aliphatic heterocycles. The number of hydrogen-bond donors (Lipinski definition) is 0. The topological polar surface area (TPSA) is 110 Å². The molecule has 3 aromatic rings. The van der Waals surface area contributed by atoms with Crippen LogP contribution in [0.15, 0.2) is 107 Å². The van der Waals surface area contributed by atoms with Crippen LogP contribution in [0.3, 0.4) is 0 Å². The van der Waals surface area contributed by atoms with Crippen LogP contribution in [0, 0.1) is 19.3 Å². The quantitative estimate of drug-likeness (QED) is 0.300. The number of aryl methyl sites for hydroxylation is 2. The maximum absolute atomic E-state index is 14.6. The molecule has 0 bridgehead atoms. The number of likely N-dealkylation sites (N-methyl/N-ethyl adjacent to an activating group) is 1. The molecule has 0 spiro atoms. The van der Waals surface area contributed by atoms with Crippen LogP contribution in [0.5, 0.6) is 0 Å². The van der Waals surface area contributed by atoms with Gasteiger partial charge in [0.15, 0.2) is 0 Å². The Morgan fingerprint density at radius 1 is 0.889 bits per heavy atom. The van der Waals surface area contributed by atoms with E-state index in [0.29, 0.717) is 19.5 Å². The lowest BCUT2D eigenvalue weighted by molar-refractivity contribution is -0.145. The number of rotatable bonds is 9. The van der Waals surface area contributed by atoms with Gasteiger partial charge < -0.3 is 14.0 Å². The number of carbonyl (C=O) groups excluding carboxylic acids is 1. The SMILES string of the molecule is Cc1ccc(S(=O)(=O)OC2=CC(OS(=O)(=O)c3ccc(C)cc3)C(C)(C(=O)N3CCc4ccccc4C3CN(C)C)C=C2)cc1. The minimum absolute atomic E-state index is 0.0601. The number of fused-ring (bicyclic) bond motifs is 1. The number of allylic oxidation sites excluding steroid dienone is 1. The van der Waals surface area contributed by atoms with E-state index in [1.165, 1.54) is 42.5 Å². The fourth-order valence-electron chi connectivity index (χ4n) is 5.63. The monoisotopic (exact) mass is 650 g/mol. The molecule has 0 aromatic heterocycles. The van der Waals surface area contributed by atoms with Crippen molar-refractivity contribution in [2.45, 2.75) is 49.1 Å². The molecule has 45 heavy (non-hydrogen) atoms. The van der Waals surface area contributed by atoms with Gasteiger partial charge in [0.1, 0.15) is 16.8 Å². The Morgan fingerprint density at radius 2 is 1.47 bits per heavy atom. The lowest BCUT2D eigenvalue weighted by Gasteiger charge is -2.44. The number of benzene rings is 3. The summed E-state index contributed by atoms with van der Waals surface area (Å²) in [5, 5.41) is 0. The van der Waals surface area contributed by atoms with Crippen molar-refractivity contribution in [3.05, 3.63) is 119 Å². The molecule has 3 unspecified atom stereocenters. The van der Waals surface area contributed by atoms with E-state index in [-0.39, 0.29) is 27.5 Å². The number of hydrogen-bond acceptors (Lipinski definition) is 8. The smallest absolute Gasteiger partial charge is 0.339 e. The van der Waals surface area contributed by atoms with Crippen LogP contribution in [0.1, 0.15) is 35.2 Å². The van der Waals surface area contributed by atoms with Gasteiger partial charge in [-0.25, -0.2) is 0 Å². The first-order valence-electron chi connectivity index (χ1n) is 14.7. The van der Waals surface area contributed by atoms with E-state index < -0.39 is 31.8 Å². The van der Waals surface area contributed by atoms with Crippen molar-refractivity contribution in [3.63, 3.8) is 0 Å². The van der Waals surface area contributed by atoms with Crippen molar-refractivity contribution >= 4 is 26.1 Å². The summed E-state index contributed by atoms with van der Waals surface area (Å²) in [5.74, 6) is -0.500. The largest absolute Gasteiger partial charge is 0.379 e. The van der Waals surface area contributed by atoms with Crippen molar-refractivity contribution < 1.29 is 30.0 Å². The molecular formula is C34H38N2O7S2. The zero-order valence-electron chi connectivity index (χ0n) is 26.0. The third kappa shape index (κ3) is 6.91. The Labute approximate surface area is 266 Å². The van der Waals surface area contributed by atoms with Gasteiger partial charge in [0, 0.05) is 13.1 Å². The Balaban J connectivity index is 1.53. The fourth-order valence-corrected chi connectivity index (χ4v) is 7.67. The van der Waals surface area contributed by atoms with Crippen molar-refractivity contribution in [1.82, 2.24) is 9.80 Å². The van der Waals surface area contributed by atoms with Crippen LogP contribution in [0.4, 0.5) is 0 Å². The van der Waals surface area contributed by atoms with Gasteiger partial charge in [-0.05, 0) is 88.8 Å². The van der Waals surface area contributed by atoms with E-state index >= 15 is 0 Å². The molecule has 3 atom stereocenters. The summed E-state index contributed by atoms with van der Waals surface area (Å²) in [6.45, 7) is 6.25. The first kappa shape index (κ1) is 32.6. The molecule has 2 aliphatic rings. The third-order valence-corrected chi connectivity index (χ3v) is 10.8. The molecule has 0 N–H and O–H groups in total. The summed E-state index contributed by atoms with van der Waals surface area (Å²) >= 11 is 0. The Bertz CT molecular complexity index is 1850. The molecule has 3 aromatic carbocycles. The number of nitrogens with zero attached hydrogens (tertiary/aromatic N) is 2. The van der Waals surface area contributed by atoms with Crippen LogP contribution in [-0.2, 0) is 39.8 Å². The molecule has 1 amide bonds. The number of amides is 1. The fraction of sp³-hybridized carbons (Fsp3) is 0.324. The molecule has 1 aliphatic carbocycles. The average Bonchev–Trinajstić information content (AvgIpc) is 2.99. The van der Waals surface area contributed by atoms with E-state index in [9.17, 15) is 21.6 Å². The first-order chi connectivity index (χ1) is 21.2. The summed E-state index contributed by atoms with van der Waals surface area (Å²) in [6.07, 6.45) is 3.35. The van der Waals surface area contributed by atoms with E-state index in [2.05, 4.69) is 6.07 Å². The van der Waals surface area contributed by atoms with Crippen LogP contribution in [0.25, 0.3) is 0 Å². The van der Waals surface area contributed by atoms with Crippen molar-refractivity contribution in [3.8, 4) is 0 Å². The normalized spacial score (nSPS) is 21.7. The van der Waals surface area contributed by atoms with Gasteiger partial charge in [0.25, 0.3) is 10.1 Å². The molecule has 11 heteroatoms. The highest BCUT2D eigenvalue weighted by Gasteiger charge is 2.48. The van der Waals surface area contributed by atoms with Gasteiger partial charge in [-0.3, -0.25) is 8.98 Å². The summed E-state index contributed by atoms with van der Waals surface area (Å²) in [6, 6.07) is 20.0. The molecule has 1 heterocycles. The summed E-state index contributed by atoms with van der Waals surface area (Å²) < 4.78 is 64.6. The maximum Gasteiger partial charge on any atom is 0.339 e. The van der Waals surface area contributed by atoms with Crippen LogP contribution in [-0.4, -0.2) is 65.8 Å². The highest BCUT2D eigenvalue weighted by Crippen LogP contribution is 2.41. The lowest BCUT2D eigenvalue weighted by Crippen LogP contribution is -2.53. The first-order valence-corrected chi connectivity index (χ1v) is 17.5. The Kier molecular flexibility index (Phi) is 9.10. The van der Waals surface area contributed by atoms with Gasteiger partial charge in [-0.1, -0.05) is 65.7 Å². The number of carbonyl (C=O) groups is 1. The maximum atomic E-state index is 14.6. The molecule has 238 valence electrons. The van der Waals surface area contributed by atoms with Crippen molar-refractivity contribution in [2.24, 2.45) is 5.41 Å². The van der Waals surface area contributed by atoms with E-state index in [4.69, 9.17) is 8.37 Å². The van der Waals surface area contributed by atoms with Gasteiger partial charge in [0.2, 0.25) is 5.91 Å². The molecule has 0 saturated heterocycles. The van der Waals surface area contributed by atoms with Crippen molar-refractivity contribution in [1.29, 1.82) is 0 Å². The third-order valence-electron chi connectivity index (χ3n) is 8.23. The zero-order chi connectivity index (χ0) is 32.6. The van der Waals surface area contributed by atoms with E-state index in [1.807, 2.05) is 51.0 Å². The molecule has 0 saturated carbocycles. The minimum atomic E-state index is -4.38. The molecule has 9 nitrogen and oxygen atoms in total. The second-order valence-corrected chi connectivity index (χ2v) is 15.2. The molecule has 0 fully saturated rings. The minimum Gasteiger partial charge on any atom is -0.379 e. The summed E-state index contributed by atoms with van der Waals surface area (Å²) in [7, 11) is -4.77. The van der Waals surface area contributed by atoms with Gasteiger partial charge in [-0.15, -0.1) is 0 Å². The summed E-state index contributed by atoms with van der Waals surface area (Å²) in [4.78, 5) is 18.2. The standard InChI is InChI=1S/C34H38N2O7S2/c1-24-10-14-28(15-11-24)44(38,39)42-27-18-20-34(3,32(22-27)43-45(40,41)29-16-12-25(2)13-17-29)33(37)36-21-19-26-8-6-7-9-30(26)31(36)23-35(4)5/h6-18,20,22,31-32H,19,21,23H2,1-5H3. The molecular weight excluding hydrogens is 613 g/mol. The van der Waals surface area contributed by atoms with Crippen molar-refractivity contribution in [2.75, 3.05) is 27.2 Å². The van der Waals surface area contributed by atoms with E-state index in [1.54, 1.807) is 36.1 Å². The predicted octanol–water partition coefficient (Wildman–Crippen LogP) is 4.93. The summed E-state index contributed by atoms with van der Waals surface area (Å²) in [5.41, 5.74) is 2.41. The highest BCUT2D eigenvalue weighted by molar-refractivity contribution is 7.87. The highest BCUT2D eigenvalue weighted by atomic mass is 32.2. The average molecular weight is 651 g/mol. The molecule has 0 radical (unpaired) electrons. The Hall–Kier alpha value is -3.77.